The number of nitrogens with zero attached hydrogens (tertiary/aromatic N) is 4. The SMILES string of the molecule is CN(Cc1ccccc1CN1CCCC1)C(=O)c1nn(C)c(=O)[nH]1. The number of aromatic nitrogens is 3. The van der Waals surface area contributed by atoms with Gasteiger partial charge in [-0.05, 0) is 37.1 Å². The minimum atomic E-state index is -0.388. The highest BCUT2D eigenvalue weighted by atomic mass is 16.2. The van der Waals surface area contributed by atoms with Crippen LogP contribution in [0.1, 0.15) is 34.6 Å². The van der Waals surface area contributed by atoms with E-state index >= 15 is 0 Å². The molecule has 3 rings (SSSR count). The largest absolute Gasteiger partial charge is 0.343 e. The van der Waals surface area contributed by atoms with Crippen molar-refractivity contribution in [1.82, 2.24) is 24.6 Å². The average Bonchev–Trinajstić information content (AvgIpc) is 3.19. The van der Waals surface area contributed by atoms with Crippen LogP contribution in [0.4, 0.5) is 0 Å². The third kappa shape index (κ3) is 3.56. The monoisotopic (exact) mass is 329 g/mol. The minimum absolute atomic E-state index is 0.0713. The highest BCUT2D eigenvalue weighted by Gasteiger charge is 2.19. The average molecular weight is 329 g/mol. The molecule has 1 aromatic heterocycles. The number of likely N-dealkylation sites (tertiary alicyclic amines) is 1. The molecule has 1 amide bonds. The van der Waals surface area contributed by atoms with E-state index in [9.17, 15) is 9.59 Å². The molecule has 7 heteroatoms. The van der Waals surface area contributed by atoms with Crippen molar-refractivity contribution < 1.29 is 4.79 Å². The van der Waals surface area contributed by atoms with Gasteiger partial charge in [-0.15, -0.1) is 5.10 Å². The minimum Gasteiger partial charge on any atom is -0.335 e. The van der Waals surface area contributed by atoms with Crippen LogP contribution in [0, 0.1) is 0 Å². The van der Waals surface area contributed by atoms with Crippen molar-refractivity contribution in [3.63, 3.8) is 0 Å². The molecule has 0 aliphatic carbocycles. The molecule has 2 heterocycles. The van der Waals surface area contributed by atoms with Crippen LogP contribution in [-0.2, 0) is 20.1 Å². The second-order valence-electron chi connectivity index (χ2n) is 6.32. The zero-order valence-electron chi connectivity index (χ0n) is 14.2. The summed E-state index contributed by atoms with van der Waals surface area (Å²) in [5.74, 6) is -0.217. The topological polar surface area (TPSA) is 74.2 Å². The Labute approximate surface area is 140 Å². The fraction of sp³-hybridized carbons (Fsp3) is 0.471. The number of carbonyl (C=O) groups is 1. The summed E-state index contributed by atoms with van der Waals surface area (Å²) in [7, 11) is 3.24. The Bertz CT molecular complexity index is 773. The predicted molar refractivity (Wildman–Crippen MR) is 90.6 cm³/mol. The third-order valence-electron chi connectivity index (χ3n) is 4.44. The van der Waals surface area contributed by atoms with Crippen LogP contribution in [0.3, 0.4) is 0 Å². The summed E-state index contributed by atoms with van der Waals surface area (Å²) in [4.78, 5) is 30.4. The lowest BCUT2D eigenvalue weighted by Gasteiger charge is -2.21. The molecule has 1 aromatic carbocycles. The Hall–Kier alpha value is -2.41. The van der Waals surface area contributed by atoms with E-state index in [1.165, 1.54) is 25.5 Å². The van der Waals surface area contributed by atoms with Crippen LogP contribution < -0.4 is 5.69 Å². The van der Waals surface area contributed by atoms with Crippen molar-refractivity contribution in [3.8, 4) is 0 Å². The zero-order chi connectivity index (χ0) is 17.1. The summed E-state index contributed by atoms with van der Waals surface area (Å²) in [6.45, 7) is 3.68. The molecule has 0 spiro atoms. The summed E-state index contributed by atoms with van der Waals surface area (Å²) < 4.78 is 1.13. The van der Waals surface area contributed by atoms with Gasteiger partial charge in [0.1, 0.15) is 0 Å². The molecule has 0 atom stereocenters. The Kier molecular flexibility index (Phi) is 4.80. The van der Waals surface area contributed by atoms with Crippen LogP contribution in [0.5, 0.6) is 0 Å². The van der Waals surface area contributed by atoms with E-state index in [-0.39, 0.29) is 17.4 Å². The standard InChI is InChI=1S/C17H23N5O2/c1-20(16(23)15-18-17(24)21(2)19-15)11-13-7-3-4-8-14(13)12-22-9-5-6-10-22/h3-4,7-8H,5-6,9-12H2,1-2H3,(H,18,19,24). The number of H-pyrrole nitrogens is 1. The van der Waals surface area contributed by atoms with Gasteiger partial charge in [-0.2, -0.15) is 0 Å². The number of aryl methyl sites for hydroxylation is 1. The molecule has 2 aromatic rings. The summed E-state index contributed by atoms with van der Waals surface area (Å²) in [6, 6.07) is 8.20. The fourth-order valence-corrected chi connectivity index (χ4v) is 3.05. The molecule has 24 heavy (non-hydrogen) atoms. The number of benzene rings is 1. The quantitative estimate of drug-likeness (QED) is 0.887. The third-order valence-corrected chi connectivity index (χ3v) is 4.44. The molecule has 1 saturated heterocycles. The number of amides is 1. The first-order valence-corrected chi connectivity index (χ1v) is 8.22. The van der Waals surface area contributed by atoms with Crippen molar-refractivity contribution in [3.05, 3.63) is 51.7 Å². The normalized spacial score (nSPS) is 14.9. The van der Waals surface area contributed by atoms with Crippen molar-refractivity contribution >= 4 is 5.91 Å². The first-order valence-electron chi connectivity index (χ1n) is 8.22. The van der Waals surface area contributed by atoms with Gasteiger partial charge in [0.15, 0.2) is 0 Å². The van der Waals surface area contributed by atoms with Gasteiger partial charge in [0.25, 0.3) is 5.91 Å². The maximum atomic E-state index is 12.4. The van der Waals surface area contributed by atoms with Gasteiger partial charge >= 0.3 is 5.69 Å². The van der Waals surface area contributed by atoms with Gasteiger partial charge in [-0.25, -0.2) is 9.48 Å². The van der Waals surface area contributed by atoms with E-state index in [0.717, 1.165) is 29.9 Å². The van der Waals surface area contributed by atoms with Crippen molar-refractivity contribution in [2.45, 2.75) is 25.9 Å². The Morgan fingerprint density at radius 3 is 2.54 bits per heavy atom. The van der Waals surface area contributed by atoms with Crippen molar-refractivity contribution in [2.24, 2.45) is 7.05 Å². The van der Waals surface area contributed by atoms with Crippen LogP contribution in [-0.4, -0.2) is 50.6 Å². The van der Waals surface area contributed by atoms with E-state index in [1.54, 1.807) is 11.9 Å². The number of hydrogen-bond acceptors (Lipinski definition) is 4. The van der Waals surface area contributed by atoms with Crippen LogP contribution in [0.2, 0.25) is 0 Å². The van der Waals surface area contributed by atoms with Gasteiger partial charge in [0.05, 0.1) is 0 Å². The molecular formula is C17H23N5O2. The molecule has 0 unspecified atom stereocenters. The van der Waals surface area contributed by atoms with Gasteiger partial charge in [0.2, 0.25) is 5.82 Å². The predicted octanol–water partition coefficient (Wildman–Crippen LogP) is 0.976. The zero-order valence-corrected chi connectivity index (χ0v) is 14.2. The van der Waals surface area contributed by atoms with E-state index in [0.29, 0.717) is 6.54 Å². The Morgan fingerprint density at radius 1 is 1.25 bits per heavy atom. The van der Waals surface area contributed by atoms with Gasteiger partial charge < -0.3 is 4.90 Å². The number of aromatic amines is 1. The van der Waals surface area contributed by atoms with Crippen LogP contribution in [0.25, 0.3) is 0 Å². The van der Waals surface area contributed by atoms with Crippen LogP contribution in [0.15, 0.2) is 29.1 Å². The lowest BCUT2D eigenvalue weighted by Crippen LogP contribution is -2.28. The maximum absolute atomic E-state index is 12.4. The molecule has 0 radical (unpaired) electrons. The molecule has 1 fully saturated rings. The Balaban J connectivity index is 1.72. The van der Waals surface area contributed by atoms with Crippen molar-refractivity contribution in [2.75, 3.05) is 20.1 Å². The highest BCUT2D eigenvalue weighted by Crippen LogP contribution is 2.17. The fourth-order valence-electron chi connectivity index (χ4n) is 3.05. The van der Waals surface area contributed by atoms with Gasteiger partial charge in [-0.3, -0.25) is 14.7 Å². The van der Waals surface area contributed by atoms with Crippen LogP contribution >= 0.6 is 0 Å². The lowest BCUT2D eigenvalue weighted by atomic mass is 10.1. The molecular weight excluding hydrogens is 306 g/mol. The maximum Gasteiger partial charge on any atom is 0.343 e. The molecule has 1 aliphatic rings. The van der Waals surface area contributed by atoms with E-state index in [1.807, 2.05) is 12.1 Å². The van der Waals surface area contributed by atoms with Crippen molar-refractivity contribution in [1.29, 1.82) is 0 Å². The molecule has 1 aliphatic heterocycles. The van der Waals surface area contributed by atoms with Gasteiger partial charge in [-0.1, -0.05) is 24.3 Å². The van der Waals surface area contributed by atoms with Gasteiger partial charge in [0, 0.05) is 27.2 Å². The Morgan fingerprint density at radius 2 is 1.92 bits per heavy atom. The number of carbonyl (C=O) groups excluding carboxylic acids is 1. The van der Waals surface area contributed by atoms with E-state index < -0.39 is 0 Å². The number of hydrogen-bond donors (Lipinski definition) is 1. The summed E-state index contributed by atoms with van der Waals surface area (Å²) >= 11 is 0. The summed E-state index contributed by atoms with van der Waals surface area (Å²) in [6.07, 6.45) is 2.52. The second-order valence-corrected chi connectivity index (χ2v) is 6.32. The highest BCUT2D eigenvalue weighted by molar-refractivity contribution is 5.90. The number of rotatable bonds is 5. The second kappa shape index (κ2) is 7.00. The first-order chi connectivity index (χ1) is 11.5. The van der Waals surface area contributed by atoms with E-state index in [2.05, 4.69) is 27.1 Å². The smallest absolute Gasteiger partial charge is 0.335 e. The summed E-state index contributed by atoms with van der Waals surface area (Å²) in [5, 5.41) is 3.93. The molecule has 128 valence electrons. The summed E-state index contributed by atoms with van der Waals surface area (Å²) in [5.41, 5.74) is 1.98. The molecule has 1 N–H and O–H groups in total. The number of nitrogens with one attached hydrogen (secondary N) is 1. The molecule has 7 nitrogen and oxygen atoms in total. The molecule has 0 saturated carbocycles. The van der Waals surface area contributed by atoms with E-state index in [4.69, 9.17) is 0 Å². The first kappa shape index (κ1) is 16.4. The molecule has 0 bridgehead atoms. The lowest BCUT2D eigenvalue weighted by molar-refractivity contribution is 0.0772.